The summed E-state index contributed by atoms with van der Waals surface area (Å²) in [6, 6.07) is 16.8. The molecule has 4 rings (SSSR count). The highest BCUT2D eigenvalue weighted by atomic mass is 16.5. The molecule has 5 nitrogen and oxygen atoms in total. The number of Topliss-reactive ketones (excluding diaryl/α,β-unsaturated/α-hetero) is 1. The fourth-order valence-electron chi connectivity index (χ4n) is 3.13. The number of hydrogen-bond acceptors (Lipinski definition) is 5. The number of carbonyl (C=O) groups is 1. The number of hydrogen-bond donors (Lipinski definition) is 0. The van der Waals surface area contributed by atoms with Gasteiger partial charge < -0.3 is 9.15 Å². The van der Waals surface area contributed by atoms with Crippen molar-refractivity contribution in [2.24, 2.45) is 0 Å². The molecule has 2 aromatic heterocycles. The van der Waals surface area contributed by atoms with E-state index in [1.54, 1.807) is 13.3 Å². The van der Waals surface area contributed by atoms with E-state index in [2.05, 4.69) is 9.97 Å². The number of aromatic nitrogens is 2. The van der Waals surface area contributed by atoms with Gasteiger partial charge in [0.15, 0.2) is 17.0 Å². The molecule has 0 unspecified atom stereocenters. The lowest BCUT2D eigenvalue weighted by atomic mass is 9.98. The second-order valence-electron chi connectivity index (χ2n) is 6.28. The number of carbonyl (C=O) groups excluding carboxylic acids is 1. The minimum Gasteiger partial charge on any atom is -0.496 e. The quantitative estimate of drug-likeness (QED) is 0.487. The van der Waals surface area contributed by atoms with E-state index in [-0.39, 0.29) is 5.78 Å². The van der Waals surface area contributed by atoms with Crippen LogP contribution in [0.4, 0.5) is 0 Å². The van der Waals surface area contributed by atoms with E-state index in [9.17, 15) is 4.79 Å². The Morgan fingerprint density at radius 3 is 2.78 bits per heavy atom. The molecule has 134 valence electrons. The maximum absolute atomic E-state index is 12.8. The van der Waals surface area contributed by atoms with Crippen LogP contribution in [0.25, 0.3) is 22.7 Å². The van der Waals surface area contributed by atoms with Crippen LogP contribution in [0, 0.1) is 6.92 Å². The van der Waals surface area contributed by atoms with Gasteiger partial charge in [-0.3, -0.25) is 4.79 Å². The zero-order valence-electron chi connectivity index (χ0n) is 15.1. The minimum absolute atomic E-state index is 0.0442. The van der Waals surface area contributed by atoms with Crippen LogP contribution in [0.5, 0.6) is 5.75 Å². The summed E-state index contributed by atoms with van der Waals surface area (Å²) in [5.74, 6) is 1.26. The summed E-state index contributed by atoms with van der Waals surface area (Å²) >= 11 is 0. The lowest BCUT2D eigenvalue weighted by molar-refractivity contribution is 0.0992. The molecule has 0 saturated carbocycles. The monoisotopic (exact) mass is 358 g/mol. The Morgan fingerprint density at radius 1 is 1.11 bits per heavy atom. The van der Waals surface area contributed by atoms with Crippen LogP contribution >= 0.6 is 0 Å². The van der Waals surface area contributed by atoms with Gasteiger partial charge in [-0.25, -0.2) is 4.98 Å². The van der Waals surface area contributed by atoms with Gasteiger partial charge in [0.25, 0.3) is 0 Å². The third kappa shape index (κ3) is 3.31. The number of pyridine rings is 1. The van der Waals surface area contributed by atoms with E-state index in [1.807, 2.05) is 61.5 Å². The number of oxazole rings is 1. The lowest BCUT2D eigenvalue weighted by Crippen LogP contribution is -2.06. The molecule has 5 heteroatoms. The van der Waals surface area contributed by atoms with Gasteiger partial charge in [-0.1, -0.05) is 24.3 Å². The molecule has 2 aromatic carbocycles. The highest BCUT2D eigenvalue weighted by Gasteiger charge is 2.14. The fourth-order valence-corrected chi connectivity index (χ4v) is 3.13. The highest BCUT2D eigenvalue weighted by molar-refractivity contribution is 5.99. The highest BCUT2D eigenvalue weighted by Crippen LogP contribution is 2.25. The molecule has 0 atom stereocenters. The van der Waals surface area contributed by atoms with Crippen molar-refractivity contribution < 1.29 is 13.9 Å². The molecule has 0 radical (unpaired) electrons. The Labute approximate surface area is 156 Å². The maximum Gasteiger partial charge on any atom is 0.228 e. The summed E-state index contributed by atoms with van der Waals surface area (Å²) in [4.78, 5) is 21.4. The number of fused-ring (bicyclic) bond motifs is 1. The number of ketones is 1. The average molecular weight is 358 g/mol. The van der Waals surface area contributed by atoms with Crippen LogP contribution in [0.1, 0.15) is 21.5 Å². The van der Waals surface area contributed by atoms with Crippen molar-refractivity contribution >= 4 is 17.0 Å². The topological polar surface area (TPSA) is 65.2 Å². The van der Waals surface area contributed by atoms with Crippen molar-refractivity contribution in [1.82, 2.24) is 9.97 Å². The van der Waals surface area contributed by atoms with Crippen LogP contribution in [0.2, 0.25) is 0 Å². The summed E-state index contributed by atoms with van der Waals surface area (Å²) in [6.45, 7) is 1.90. The third-order valence-electron chi connectivity index (χ3n) is 4.51. The lowest BCUT2D eigenvalue weighted by Gasteiger charge is -2.09. The molecule has 0 fully saturated rings. The van der Waals surface area contributed by atoms with Crippen molar-refractivity contribution in [2.45, 2.75) is 13.3 Å². The van der Waals surface area contributed by atoms with Crippen LogP contribution < -0.4 is 4.74 Å². The third-order valence-corrected chi connectivity index (χ3v) is 4.51. The van der Waals surface area contributed by atoms with Crippen molar-refractivity contribution in [2.75, 3.05) is 7.11 Å². The minimum atomic E-state index is 0.0442. The van der Waals surface area contributed by atoms with E-state index in [0.717, 1.165) is 16.7 Å². The second-order valence-corrected chi connectivity index (χ2v) is 6.28. The standard InChI is InChI=1S/C22H18N2O3/c1-14-17(8-4-9-19(14)26-2)18(25)13-15-6-3-7-16(12-15)22-24-21-20(27-22)10-5-11-23-21/h3-12H,13H2,1-2H3. The number of benzene rings is 2. The number of nitrogens with zero attached hydrogens (tertiary/aromatic N) is 2. The zero-order chi connectivity index (χ0) is 18.8. The first kappa shape index (κ1) is 17.0. The predicted molar refractivity (Wildman–Crippen MR) is 103 cm³/mol. The van der Waals surface area contributed by atoms with E-state index in [4.69, 9.17) is 9.15 Å². The molecule has 27 heavy (non-hydrogen) atoms. The smallest absolute Gasteiger partial charge is 0.228 e. The van der Waals surface area contributed by atoms with Gasteiger partial charge in [-0.15, -0.1) is 0 Å². The van der Waals surface area contributed by atoms with Gasteiger partial charge in [-0.2, -0.15) is 4.98 Å². The SMILES string of the molecule is COc1cccc(C(=O)Cc2cccc(-c3nc4ncccc4o3)c2)c1C. The molecular weight excluding hydrogens is 340 g/mol. The van der Waals surface area contributed by atoms with Crippen LogP contribution in [-0.2, 0) is 6.42 Å². The molecule has 0 aliphatic heterocycles. The number of rotatable bonds is 5. The van der Waals surface area contributed by atoms with Gasteiger partial charge in [0.1, 0.15) is 5.75 Å². The molecule has 0 aliphatic rings. The fraction of sp³-hybridized carbons (Fsp3) is 0.136. The molecule has 0 spiro atoms. The summed E-state index contributed by atoms with van der Waals surface area (Å²) < 4.78 is 11.1. The van der Waals surface area contributed by atoms with E-state index in [1.165, 1.54) is 0 Å². The van der Waals surface area contributed by atoms with E-state index >= 15 is 0 Å². The largest absolute Gasteiger partial charge is 0.496 e. The van der Waals surface area contributed by atoms with Gasteiger partial charge in [0.2, 0.25) is 5.89 Å². The molecule has 0 N–H and O–H groups in total. The van der Waals surface area contributed by atoms with Crippen molar-refractivity contribution in [3.63, 3.8) is 0 Å². The summed E-state index contributed by atoms with van der Waals surface area (Å²) in [5, 5.41) is 0. The van der Waals surface area contributed by atoms with Crippen molar-refractivity contribution in [3.8, 4) is 17.2 Å². The summed E-state index contributed by atoms with van der Waals surface area (Å²) in [5.41, 5.74) is 4.45. The van der Waals surface area contributed by atoms with Crippen LogP contribution in [0.3, 0.4) is 0 Å². The molecule has 0 bridgehead atoms. The van der Waals surface area contributed by atoms with Crippen molar-refractivity contribution in [1.29, 1.82) is 0 Å². The van der Waals surface area contributed by atoms with Crippen LogP contribution in [-0.4, -0.2) is 22.9 Å². The van der Waals surface area contributed by atoms with E-state index in [0.29, 0.717) is 34.9 Å². The first-order chi connectivity index (χ1) is 13.2. The molecule has 4 aromatic rings. The Balaban J connectivity index is 1.62. The Hall–Kier alpha value is -3.47. The zero-order valence-corrected chi connectivity index (χ0v) is 15.1. The summed E-state index contributed by atoms with van der Waals surface area (Å²) in [6.07, 6.45) is 1.97. The van der Waals surface area contributed by atoms with Gasteiger partial charge >= 0.3 is 0 Å². The Bertz CT molecular complexity index is 1100. The average Bonchev–Trinajstić information content (AvgIpc) is 3.12. The van der Waals surface area contributed by atoms with Crippen LogP contribution in [0.15, 0.2) is 65.2 Å². The van der Waals surface area contributed by atoms with E-state index < -0.39 is 0 Å². The molecule has 0 amide bonds. The number of ether oxygens (including phenoxy) is 1. The predicted octanol–water partition coefficient (Wildman–Crippen LogP) is 4.63. The van der Waals surface area contributed by atoms with Gasteiger partial charge in [0.05, 0.1) is 7.11 Å². The molecule has 0 aliphatic carbocycles. The summed E-state index contributed by atoms with van der Waals surface area (Å²) in [7, 11) is 1.61. The Kier molecular flexibility index (Phi) is 4.42. The number of methoxy groups -OCH3 is 1. The van der Waals surface area contributed by atoms with Gasteiger partial charge in [0, 0.05) is 29.3 Å². The normalized spacial score (nSPS) is 10.9. The van der Waals surface area contributed by atoms with Crippen molar-refractivity contribution in [3.05, 3.63) is 77.5 Å². The van der Waals surface area contributed by atoms with Gasteiger partial charge in [-0.05, 0) is 42.8 Å². The first-order valence-electron chi connectivity index (χ1n) is 8.63. The first-order valence-corrected chi connectivity index (χ1v) is 8.63. The molecule has 0 saturated heterocycles. The maximum atomic E-state index is 12.8. The Morgan fingerprint density at radius 2 is 1.96 bits per heavy atom. The second kappa shape index (κ2) is 7.03. The molecular formula is C22H18N2O3. The molecule has 2 heterocycles.